The lowest BCUT2D eigenvalue weighted by Crippen LogP contribution is -2.40. The van der Waals surface area contributed by atoms with Gasteiger partial charge in [-0.05, 0) is 25.2 Å². The van der Waals surface area contributed by atoms with Gasteiger partial charge in [0.1, 0.15) is 10.5 Å². The molecule has 0 spiro atoms. The summed E-state index contributed by atoms with van der Waals surface area (Å²) >= 11 is 0. The van der Waals surface area contributed by atoms with Crippen LogP contribution in [0, 0.1) is 5.92 Å². The average Bonchev–Trinajstić information content (AvgIpc) is 2.41. The van der Waals surface area contributed by atoms with Crippen LogP contribution < -0.4 is 0 Å². The van der Waals surface area contributed by atoms with Gasteiger partial charge in [-0.3, -0.25) is 0 Å². The van der Waals surface area contributed by atoms with E-state index in [-0.39, 0.29) is 5.60 Å². The maximum atomic E-state index is 6.23. The van der Waals surface area contributed by atoms with E-state index in [9.17, 15) is 0 Å². The fourth-order valence-corrected chi connectivity index (χ4v) is 3.89. The zero-order valence-corrected chi connectivity index (χ0v) is 15.6. The van der Waals surface area contributed by atoms with Crippen molar-refractivity contribution in [1.29, 1.82) is 0 Å². The van der Waals surface area contributed by atoms with Crippen molar-refractivity contribution in [2.24, 2.45) is 5.92 Å². The second-order valence-electron chi connectivity index (χ2n) is 5.72. The topological polar surface area (TPSA) is 9.23 Å². The van der Waals surface area contributed by atoms with Gasteiger partial charge in [-0.15, -0.1) is 0 Å². The summed E-state index contributed by atoms with van der Waals surface area (Å²) in [6.45, 7) is 9.25. The van der Waals surface area contributed by atoms with Crippen LogP contribution in [0.3, 0.4) is 0 Å². The average molecular weight is 273 g/mol. The first kappa shape index (κ1) is 18.2. The van der Waals surface area contributed by atoms with Gasteiger partial charge in [-0.1, -0.05) is 72.6 Å². The minimum atomic E-state index is 0.224. The fourth-order valence-electron chi connectivity index (χ4n) is 3.15. The Bertz CT molecular complexity index is 174. The highest BCUT2D eigenvalue weighted by Gasteiger charge is 2.35. The summed E-state index contributed by atoms with van der Waals surface area (Å²) in [7, 11) is 0.891. The van der Waals surface area contributed by atoms with Gasteiger partial charge < -0.3 is 4.43 Å². The second kappa shape index (κ2) is 11.0. The smallest absolute Gasteiger partial charge is 0.146 e. The number of rotatable bonds is 12. The van der Waals surface area contributed by atoms with E-state index in [0.29, 0.717) is 0 Å². The highest BCUT2D eigenvalue weighted by atomic mass is 28.2. The van der Waals surface area contributed by atoms with E-state index in [2.05, 4.69) is 27.7 Å². The monoisotopic (exact) mass is 272 g/mol. The van der Waals surface area contributed by atoms with Gasteiger partial charge >= 0.3 is 0 Å². The van der Waals surface area contributed by atoms with Crippen molar-refractivity contribution in [3.63, 3.8) is 0 Å². The van der Waals surface area contributed by atoms with Crippen LogP contribution in [0.1, 0.15) is 91.9 Å². The van der Waals surface area contributed by atoms with Crippen LogP contribution in [0.2, 0.25) is 0 Å². The predicted octanol–water partition coefficient (Wildman–Crippen LogP) is 4.62. The van der Waals surface area contributed by atoms with Gasteiger partial charge in [0.25, 0.3) is 0 Å². The van der Waals surface area contributed by atoms with E-state index in [1.165, 1.54) is 64.2 Å². The summed E-state index contributed by atoms with van der Waals surface area (Å²) in [5.74, 6) is 0.785. The highest BCUT2D eigenvalue weighted by Crippen LogP contribution is 2.37. The van der Waals surface area contributed by atoms with Gasteiger partial charge in [-0.25, -0.2) is 0 Å². The van der Waals surface area contributed by atoms with Gasteiger partial charge in [-0.2, -0.15) is 0 Å². The lowest BCUT2D eigenvalue weighted by Gasteiger charge is -2.41. The van der Waals surface area contributed by atoms with Crippen molar-refractivity contribution in [1.82, 2.24) is 0 Å². The lowest BCUT2D eigenvalue weighted by atomic mass is 9.75. The van der Waals surface area contributed by atoms with Crippen molar-refractivity contribution in [3.05, 3.63) is 0 Å². The van der Waals surface area contributed by atoms with Crippen LogP contribution in [0.4, 0.5) is 0 Å². The standard InChI is InChI=1S/C16H36OSi/c1-5-9-12-15(8-4)16(17-18,13-10-6-2)14-11-7-3/h15H,5-14H2,1-4,18H3. The van der Waals surface area contributed by atoms with Crippen LogP contribution in [-0.2, 0) is 4.43 Å². The largest absolute Gasteiger partial charge is 0.422 e. The van der Waals surface area contributed by atoms with E-state index >= 15 is 0 Å². The molecule has 0 aliphatic rings. The molecule has 18 heavy (non-hydrogen) atoms. The molecule has 0 aliphatic heterocycles. The Morgan fingerprint density at radius 3 is 1.72 bits per heavy atom. The van der Waals surface area contributed by atoms with E-state index in [0.717, 1.165) is 16.4 Å². The second-order valence-corrected chi connectivity index (χ2v) is 6.13. The lowest BCUT2D eigenvalue weighted by molar-refractivity contribution is -0.0116. The van der Waals surface area contributed by atoms with E-state index in [1.54, 1.807) is 0 Å². The van der Waals surface area contributed by atoms with Crippen LogP contribution in [-0.4, -0.2) is 16.1 Å². The Morgan fingerprint density at radius 1 is 0.889 bits per heavy atom. The van der Waals surface area contributed by atoms with Crippen LogP contribution >= 0.6 is 0 Å². The molecule has 0 aromatic heterocycles. The first-order valence-electron chi connectivity index (χ1n) is 8.25. The predicted molar refractivity (Wildman–Crippen MR) is 86.1 cm³/mol. The summed E-state index contributed by atoms with van der Waals surface area (Å²) in [6, 6.07) is 0. The molecule has 0 N–H and O–H groups in total. The summed E-state index contributed by atoms with van der Waals surface area (Å²) < 4.78 is 6.23. The molecule has 0 saturated heterocycles. The Morgan fingerprint density at radius 2 is 1.39 bits per heavy atom. The van der Waals surface area contributed by atoms with Gasteiger partial charge in [0.05, 0.1) is 5.60 Å². The highest BCUT2D eigenvalue weighted by molar-refractivity contribution is 5.98. The maximum absolute atomic E-state index is 6.23. The summed E-state index contributed by atoms with van der Waals surface area (Å²) in [5.41, 5.74) is 0.224. The molecule has 0 radical (unpaired) electrons. The number of hydrogen-bond donors (Lipinski definition) is 0. The van der Waals surface area contributed by atoms with Crippen LogP contribution in [0.5, 0.6) is 0 Å². The molecule has 0 saturated carbocycles. The van der Waals surface area contributed by atoms with Crippen LogP contribution in [0.15, 0.2) is 0 Å². The quantitative estimate of drug-likeness (QED) is 0.471. The third kappa shape index (κ3) is 5.88. The van der Waals surface area contributed by atoms with Crippen molar-refractivity contribution in [2.45, 2.75) is 97.5 Å². The minimum absolute atomic E-state index is 0.224. The van der Waals surface area contributed by atoms with Gasteiger partial charge in [0.15, 0.2) is 0 Å². The first-order valence-corrected chi connectivity index (χ1v) is 9.07. The van der Waals surface area contributed by atoms with E-state index < -0.39 is 0 Å². The Hall–Kier alpha value is 0.177. The number of unbranched alkanes of at least 4 members (excludes halogenated alkanes) is 3. The Kier molecular flexibility index (Phi) is 11.1. The van der Waals surface area contributed by atoms with Crippen molar-refractivity contribution in [3.8, 4) is 0 Å². The Labute approximate surface area is 119 Å². The zero-order chi connectivity index (χ0) is 13.9. The summed E-state index contributed by atoms with van der Waals surface area (Å²) in [5, 5.41) is 0. The third-order valence-electron chi connectivity index (χ3n) is 4.46. The molecule has 0 amide bonds. The first-order chi connectivity index (χ1) is 8.70. The van der Waals surface area contributed by atoms with Crippen molar-refractivity contribution < 1.29 is 4.43 Å². The Balaban J connectivity index is 4.72. The maximum Gasteiger partial charge on any atom is 0.146 e. The van der Waals surface area contributed by atoms with Crippen molar-refractivity contribution in [2.75, 3.05) is 0 Å². The molecular weight excluding hydrogens is 236 g/mol. The molecule has 1 nitrogen and oxygen atoms in total. The van der Waals surface area contributed by atoms with Gasteiger partial charge in [0.2, 0.25) is 0 Å². The molecule has 0 fully saturated rings. The summed E-state index contributed by atoms with van der Waals surface area (Å²) in [6.07, 6.45) is 13.1. The normalized spacial score (nSPS) is 14.0. The molecule has 0 aromatic carbocycles. The molecule has 2 heteroatoms. The van der Waals surface area contributed by atoms with Crippen molar-refractivity contribution >= 4 is 10.5 Å². The molecule has 1 atom stereocenters. The fraction of sp³-hybridized carbons (Fsp3) is 1.00. The zero-order valence-electron chi connectivity index (χ0n) is 13.6. The van der Waals surface area contributed by atoms with E-state index in [1.807, 2.05) is 0 Å². The molecule has 1 unspecified atom stereocenters. The SMILES string of the molecule is CCCCC(CC)C(CCCC)(CCCC)O[SiH3]. The molecule has 110 valence electrons. The molecule has 0 aliphatic carbocycles. The number of hydrogen-bond acceptors (Lipinski definition) is 1. The molecule has 0 aromatic rings. The van der Waals surface area contributed by atoms with Gasteiger partial charge in [0, 0.05) is 0 Å². The minimum Gasteiger partial charge on any atom is -0.422 e. The molecule has 0 bridgehead atoms. The molecular formula is C16H36OSi. The molecule has 0 heterocycles. The van der Waals surface area contributed by atoms with E-state index in [4.69, 9.17) is 4.43 Å². The van der Waals surface area contributed by atoms with Crippen LogP contribution in [0.25, 0.3) is 0 Å². The third-order valence-corrected chi connectivity index (χ3v) is 5.27. The summed E-state index contributed by atoms with van der Waals surface area (Å²) in [4.78, 5) is 0. The molecule has 0 rings (SSSR count).